The highest BCUT2D eigenvalue weighted by Gasteiger charge is 2.51. The number of carbonyl (C=O) groups is 4. The molecular formula is C26H40O14. The maximum atomic E-state index is 11.6. The molecule has 0 radical (unpaired) electrons. The van der Waals surface area contributed by atoms with Crippen LogP contribution in [0.2, 0.25) is 0 Å². The SMILES string of the molecule is C=CC[C@@H]1O[C@H](CO)[C@@H](O)[C@H](O)[C@H]1O.C=CC[C@@H]1O[C@H](COC(C)=O)[C@@H](OC(C)=O)[C@H](OC(C)=O)[C@H]1OC(C)=O. The summed E-state index contributed by atoms with van der Waals surface area (Å²) in [7, 11) is 0. The van der Waals surface area contributed by atoms with Crippen molar-refractivity contribution >= 4 is 23.9 Å². The Hall–Kier alpha value is -2.88. The lowest BCUT2D eigenvalue weighted by Crippen LogP contribution is -2.62. The summed E-state index contributed by atoms with van der Waals surface area (Å²) in [5.74, 6) is -2.49. The van der Waals surface area contributed by atoms with Gasteiger partial charge in [-0.1, -0.05) is 12.2 Å². The predicted octanol–water partition coefficient (Wildman–Crippen LogP) is -0.907. The lowest BCUT2D eigenvalue weighted by atomic mass is 9.92. The minimum absolute atomic E-state index is 0.231. The molecule has 14 nitrogen and oxygen atoms in total. The van der Waals surface area contributed by atoms with Crippen molar-refractivity contribution in [1.29, 1.82) is 0 Å². The highest BCUT2D eigenvalue weighted by molar-refractivity contribution is 5.68. The van der Waals surface area contributed by atoms with E-state index >= 15 is 0 Å². The average Bonchev–Trinajstić information content (AvgIpc) is 2.86. The molecule has 40 heavy (non-hydrogen) atoms. The van der Waals surface area contributed by atoms with Crippen LogP contribution in [-0.2, 0) is 47.6 Å². The Balaban J connectivity index is 0.000000479. The molecule has 0 aromatic carbocycles. The summed E-state index contributed by atoms with van der Waals surface area (Å²) >= 11 is 0. The highest BCUT2D eigenvalue weighted by atomic mass is 16.7. The van der Waals surface area contributed by atoms with Gasteiger partial charge in [-0.3, -0.25) is 19.2 Å². The monoisotopic (exact) mass is 576 g/mol. The first kappa shape index (κ1) is 35.1. The number of aliphatic hydroxyl groups excluding tert-OH is 4. The number of aliphatic hydroxyl groups is 4. The van der Waals surface area contributed by atoms with Gasteiger partial charge in [-0.25, -0.2) is 0 Å². The molecule has 4 N–H and O–H groups in total. The van der Waals surface area contributed by atoms with Crippen molar-refractivity contribution in [3.05, 3.63) is 25.3 Å². The molecule has 0 amide bonds. The van der Waals surface area contributed by atoms with Crippen LogP contribution in [0.25, 0.3) is 0 Å². The third kappa shape index (κ3) is 10.6. The van der Waals surface area contributed by atoms with Crippen LogP contribution in [0.5, 0.6) is 0 Å². The molecule has 0 unspecified atom stereocenters. The van der Waals surface area contributed by atoms with Crippen LogP contribution >= 0.6 is 0 Å². The smallest absolute Gasteiger partial charge is 0.303 e. The highest BCUT2D eigenvalue weighted by Crippen LogP contribution is 2.31. The van der Waals surface area contributed by atoms with Gasteiger partial charge in [0, 0.05) is 27.7 Å². The van der Waals surface area contributed by atoms with Crippen LogP contribution in [0, 0.1) is 0 Å². The Morgan fingerprint density at radius 3 is 1.52 bits per heavy atom. The molecule has 14 heteroatoms. The van der Waals surface area contributed by atoms with E-state index < -0.39 is 91.5 Å². The summed E-state index contributed by atoms with van der Waals surface area (Å²) < 4.78 is 31.8. The normalized spacial score (nSPS) is 33.3. The Morgan fingerprint density at radius 1 is 0.650 bits per heavy atom. The molecule has 2 heterocycles. The van der Waals surface area contributed by atoms with Gasteiger partial charge in [-0.2, -0.15) is 0 Å². The first-order chi connectivity index (χ1) is 18.8. The molecule has 2 saturated heterocycles. The summed E-state index contributed by atoms with van der Waals surface area (Å²) in [6.45, 7) is 11.2. The number of hydrogen-bond acceptors (Lipinski definition) is 14. The summed E-state index contributed by atoms with van der Waals surface area (Å²) in [6, 6.07) is 0. The van der Waals surface area contributed by atoms with Gasteiger partial charge >= 0.3 is 23.9 Å². The van der Waals surface area contributed by atoms with Crippen LogP contribution in [0.4, 0.5) is 0 Å². The van der Waals surface area contributed by atoms with Crippen LogP contribution in [0.15, 0.2) is 25.3 Å². The van der Waals surface area contributed by atoms with Crippen molar-refractivity contribution in [2.75, 3.05) is 13.2 Å². The second-order valence-electron chi connectivity index (χ2n) is 9.15. The molecular weight excluding hydrogens is 536 g/mol. The Labute approximate surface area is 232 Å². The largest absolute Gasteiger partial charge is 0.463 e. The van der Waals surface area contributed by atoms with Gasteiger partial charge in [0.05, 0.1) is 12.7 Å². The van der Waals surface area contributed by atoms with E-state index in [0.717, 1.165) is 0 Å². The Bertz CT molecular complexity index is 873. The van der Waals surface area contributed by atoms with E-state index in [1.807, 2.05) is 0 Å². The maximum absolute atomic E-state index is 11.6. The number of esters is 4. The zero-order valence-electron chi connectivity index (χ0n) is 23.0. The molecule has 0 aliphatic carbocycles. The lowest BCUT2D eigenvalue weighted by Gasteiger charge is -2.44. The maximum Gasteiger partial charge on any atom is 0.303 e. The van der Waals surface area contributed by atoms with Crippen molar-refractivity contribution in [2.24, 2.45) is 0 Å². The zero-order valence-corrected chi connectivity index (χ0v) is 23.0. The Kier molecular flexibility index (Phi) is 15.0. The topological polar surface area (TPSA) is 205 Å². The van der Waals surface area contributed by atoms with Gasteiger partial charge in [0.25, 0.3) is 0 Å². The van der Waals surface area contributed by atoms with Crippen LogP contribution in [-0.4, -0.2) is 119 Å². The molecule has 2 fully saturated rings. The second-order valence-corrected chi connectivity index (χ2v) is 9.15. The van der Waals surface area contributed by atoms with E-state index in [4.69, 9.17) is 33.5 Å². The van der Waals surface area contributed by atoms with Crippen LogP contribution in [0.3, 0.4) is 0 Å². The summed E-state index contributed by atoms with van der Waals surface area (Å²) in [5, 5.41) is 37.1. The minimum Gasteiger partial charge on any atom is -0.463 e. The third-order valence-electron chi connectivity index (χ3n) is 5.88. The minimum atomic E-state index is -1.29. The van der Waals surface area contributed by atoms with Crippen molar-refractivity contribution in [3.8, 4) is 0 Å². The lowest BCUT2D eigenvalue weighted by molar-refractivity contribution is -0.251. The summed E-state index contributed by atoms with van der Waals surface area (Å²) in [6.07, 6.45) is -6.35. The van der Waals surface area contributed by atoms with Gasteiger partial charge in [-0.05, 0) is 12.8 Å². The number of carbonyl (C=O) groups excluding carboxylic acids is 4. The van der Waals surface area contributed by atoms with Crippen molar-refractivity contribution in [2.45, 2.75) is 102 Å². The Morgan fingerprint density at radius 2 is 1.07 bits per heavy atom. The molecule has 0 saturated carbocycles. The fourth-order valence-corrected chi connectivity index (χ4v) is 4.21. The molecule has 0 bridgehead atoms. The van der Waals surface area contributed by atoms with E-state index in [1.165, 1.54) is 27.7 Å². The standard InChI is InChI=1S/C17H24O9.C9H16O5/c1-6-7-13-15(23-10(3)19)17(25-12(5)21)16(24-11(4)20)14(26-13)8-22-9(2)18;1-2-3-5-7(11)9(13)8(12)6(4-10)14-5/h6,13-17H,1,7-8H2,2-5H3;2,5-13H,1,3-4H2/t13-,14+,15-,16+,17+;5-,6+,7-,8+,9+/m00/s1. The number of rotatable bonds is 10. The summed E-state index contributed by atoms with van der Waals surface area (Å²) in [5.41, 5.74) is 0. The van der Waals surface area contributed by atoms with Gasteiger partial charge < -0.3 is 48.8 Å². The average molecular weight is 577 g/mol. The van der Waals surface area contributed by atoms with E-state index in [1.54, 1.807) is 12.2 Å². The molecule has 10 atom stereocenters. The number of hydrogen-bond donors (Lipinski definition) is 4. The zero-order chi connectivity index (χ0) is 30.6. The van der Waals surface area contributed by atoms with Crippen LogP contribution < -0.4 is 0 Å². The quantitative estimate of drug-likeness (QED) is 0.141. The predicted molar refractivity (Wildman–Crippen MR) is 135 cm³/mol. The summed E-state index contributed by atoms with van der Waals surface area (Å²) in [4.78, 5) is 45.7. The molecule has 228 valence electrons. The molecule has 2 aliphatic rings. The van der Waals surface area contributed by atoms with E-state index in [2.05, 4.69) is 13.2 Å². The molecule has 0 spiro atoms. The third-order valence-corrected chi connectivity index (χ3v) is 5.88. The van der Waals surface area contributed by atoms with E-state index in [9.17, 15) is 34.5 Å². The van der Waals surface area contributed by atoms with Crippen molar-refractivity contribution < 1.29 is 68.0 Å². The molecule has 0 aromatic rings. The van der Waals surface area contributed by atoms with E-state index in [0.29, 0.717) is 6.42 Å². The number of ether oxygens (including phenoxy) is 6. The fraction of sp³-hybridized carbons (Fsp3) is 0.692. The van der Waals surface area contributed by atoms with Crippen LogP contribution in [0.1, 0.15) is 40.5 Å². The molecule has 2 aliphatic heterocycles. The molecule has 0 aromatic heterocycles. The first-order valence-electron chi connectivity index (χ1n) is 12.6. The first-order valence-corrected chi connectivity index (χ1v) is 12.6. The van der Waals surface area contributed by atoms with Crippen molar-refractivity contribution in [1.82, 2.24) is 0 Å². The van der Waals surface area contributed by atoms with Crippen molar-refractivity contribution in [3.63, 3.8) is 0 Å². The fourth-order valence-electron chi connectivity index (χ4n) is 4.21. The second kappa shape index (κ2) is 17.0. The molecule has 2 rings (SSSR count). The van der Waals surface area contributed by atoms with Gasteiger partial charge in [-0.15, -0.1) is 13.2 Å². The van der Waals surface area contributed by atoms with Gasteiger partial charge in [0.2, 0.25) is 0 Å². The van der Waals surface area contributed by atoms with Gasteiger partial charge in [0.1, 0.15) is 43.2 Å². The van der Waals surface area contributed by atoms with Gasteiger partial charge in [0.15, 0.2) is 18.3 Å². The van der Waals surface area contributed by atoms with E-state index in [-0.39, 0.29) is 13.0 Å².